The van der Waals surface area contributed by atoms with E-state index in [4.69, 9.17) is 9.47 Å². The number of allylic oxidation sites excluding steroid dienone is 1. The Morgan fingerprint density at radius 2 is 2.00 bits per heavy atom. The van der Waals surface area contributed by atoms with E-state index in [0.717, 1.165) is 0 Å². The van der Waals surface area contributed by atoms with E-state index < -0.39 is 27.8 Å². The summed E-state index contributed by atoms with van der Waals surface area (Å²) in [6.45, 7) is 2.17. The second-order valence-electron chi connectivity index (χ2n) is 6.28. The summed E-state index contributed by atoms with van der Waals surface area (Å²) >= 11 is 0. The normalized spacial score (nSPS) is 29.2. The summed E-state index contributed by atoms with van der Waals surface area (Å²) in [4.78, 5) is 13.7. The zero-order valence-electron chi connectivity index (χ0n) is 14.7. The van der Waals surface area contributed by atoms with Gasteiger partial charge < -0.3 is 13.7 Å². The van der Waals surface area contributed by atoms with E-state index in [2.05, 4.69) is 4.18 Å². The van der Waals surface area contributed by atoms with E-state index in [1.807, 2.05) is 6.92 Å². The van der Waals surface area contributed by atoms with Crippen molar-refractivity contribution in [3.63, 3.8) is 0 Å². The minimum Gasteiger partial charge on any atom is -0.453 e. The van der Waals surface area contributed by atoms with Crippen LogP contribution in [0.15, 0.2) is 11.8 Å². The van der Waals surface area contributed by atoms with Crippen molar-refractivity contribution in [3.8, 4) is 0 Å². The molecule has 1 saturated heterocycles. The van der Waals surface area contributed by atoms with Gasteiger partial charge in [0, 0.05) is 25.5 Å². The third-order valence-electron chi connectivity index (χ3n) is 4.91. The Labute approximate surface area is 150 Å². The van der Waals surface area contributed by atoms with Crippen LogP contribution >= 0.6 is 0 Å². The molecule has 1 aliphatic carbocycles. The average Bonchev–Trinajstić information content (AvgIpc) is 2.71. The van der Waals surface area contributed by atoms with E-state index in [-0.39, 0.29) is 36.7 Å². The van der Waals surface area contributed by atoms with Crippen molar-refractivity contribution in [1.29, 1.82) is 0 Å². The maximum absolute atomic E-state index is 12.6. The number of rotatable bonds is 5. The van der Waals surface area contributed by atoms with E-state index in [9.17, 15) is 26.4 Å². The Kier molecular flexibility index (Phi) is 6.11. The summed E-state index contributed by atoms with van der Waals surface area (Å²) in [5.41, 5.74) is -5.51. The molecular formula is C15H22F3NO6S. The standard InChI is InChI=1S/C15H22F3NO6S/c1-4-12-10-6-5-9(25-26(21,22)15(16,17)18)7-13(11(10)8-23-2)19(12)14(20)24-3/h7,10-13H,4-6,8H2,1-3H3/t10-,11+,12-,13+/m0/s1. The van der Waals surface area contributed by atoms with Crippen molar-refractivity contribution in [1.82, 2.24) is 4.90 Å². The van der Waals surface area contributed by atoms with E-state index in [0.29, 0.717) is 12.8 Å². The number of alkyl halides is 3. The molecule has 1 fully saturated rings. The van der Waals surface area contributed by atoms with Crippen molar-refractivity contribution in [2.75, 3.05) is 20.8 Å². The van der Waals surface area contributed by atoms with Gasteiger partial charge in [-0.2, -0.15) is 21.6 Å². The van der Waals surface area contributed by atoms with Crippen molar-refractivity contribution < 1.29 is 40.0 Å². The fourth-order valence-corrected chi connectivity index (χ4v) is 4.41. The molecule has 0 aromatic carbocycles. The van der Waals surface area contributed by atoms with Crippen molar-refractivity contribution in [2.45, 2.75) is 43.8 Å². The lowest BCUT2D eigenvalue weighted by molar-refractivity contribution is -0.0524. The van der Waals surface area contributed by atoms with Crippen molar-refractivity contribution in [2.24, 2.45) is 11.8 Å². The summed E-state index contributed by atoms with van der Waals surface area (Å²) in [5.74, 6) is -0.590. The quantitative estimate of drug-likeness (QED) is 0.520. The van der Waals surface area contributed by atoms with Crippen LogP contribution in [-0.4, -0.2) is 57.8 Å². The molecule has 1 amide bonds. The highest BCUT2D eigenvalue weighted by molar-refractivity contribution is 7.87. The molecule has 1 heterocycles. The average molecular weight is 401 g/mol. The molecule has 0 saturated carbocycles. The first-order chi connectivity index (χ1) is 12.1. The molecule has 0 spiro atoms. The first kappa shape index (κ1) is 20.8. The molecule has 2 aliphatic rings. The predicted molar refractivity (Wildman–Crippen MR) is 84.3 cm³/mol. The fraction of sp³-hybridized carbons (Fsp3) is 0.800. The Morgan fingerprint density at radius 3 is 2.50 bits per heavy atom. The first-order valence-corrected chi connectivity index (χ1v) is 9.54. The Bertz CT molecular complexity index is 663. The monoisotopic (exact) mass is 401 g/mol. The fourth-order valence-electron chi connectivity index (χ4n) is 3.90. The van der Waals surface area contributed by atoms with Crippen LogP contribution in [0.3, 0.4) is 0 Å². The van der Waals surface area contributed by atoms with Gasteiger partial charge in [0.15, 0.2) is 0 Å². The highest BCUT2D eigenvalue weighted by Crippen LogP contribution is 2.45. The van der Waals surface area contributed by atoms with Gasteiger partial charge in [-0.1, -0.05) is 6.92 Å². The number of carbonyl (C=O) groups excluding carboxylic acids is 1. The van der Waals surface area contributed by atoms with Gasteiger partial charge >= 0.3 is 21.7 Å². The van der Waals surface area contributed by atoms with Crippen LogP contribution in [0.1, 0.15) is 26.2 Å². The minimum absolute atomic E-state index is 0.0300. The van der Waals surface area contributed by atoms with Crippen LogP contribution in [0.5, 0.6) is 0 Å². The third-order valence-corrected chi connectivity index (χ3v) is 5.91. The molecule has 7 nitrogen and oxygen atoms in total. The van der Waals surface area contributed by atoms with Crippen molar-refractivity contribution >= 4 is 16.2 Å². The van der Waals surface area contributed by atoms with Crippen LogP contribution in [0.2, 0.25) is 0 Å². The molecule has 0 unspecified atom stereocenters. The second-order valence-corrected chi connectivity index (χ2v) is 7.82. The van der Waals surface area contributed by atoms with Gasteiger partial charge in [0.2, 0.25) is 0 Å². The smallest absolute Gasteiger partial charge is 0.453 e. The lowest BCUT2D eigenvalue weighted by Gasteiger charge is -2.30. The molecule has 1 aliphatic heterocycles. The molecule has 0 aromatic rings. The molecule has 4 atom stereocenters. The SMILES string of the molecule is CC[C@H]1[C@H]2CCC(OS(=O)(=O)C(F)(F)F)=C[C@H]([C@@H]2COC)N1C(=O)OC. The summed E-state index contributed by atoms with van der Waals surface area (Å²) in [6.07, 6.45) is 1.68. The molecule has 0 N–H and O–H groups in total. The van der Waals surface area contributed by atoms with Gasteiger partial charge in [0.1, 0.15) is 5.76 Å². The predicted octanol–water partition coefficient (Wildman–Crippen LogP) is 2.64. The molecule has 26 heavy (non-hydrogen) atoms. The number of hydrogen-bond acceptors (Lipinski definition) is 6. The number of carbonyl (C=O) groups is 1. The molecule has 11 heteroatoms. The van der Waals surface area contributed by atoms with E-state index >= 15 is 0 Å². The maximum atomic E-state index is 12.6. The van der Waals surface area contributed by atoms with Gasteiger partial charge in [-0.15, -0.1) is 0 Å². The Balaban J connectivity index is 2.41. The van der Waals surface area contributed by atoms with Gasteiger partial charge in [-0.05, 0) is 24.8 Å². The number of fused-ring (bicyclic) bond motifs is 2. The van der Waals surface area contributed by atoms with Gasteiger partial charge in [0.05, 0.1) is 19.8 Å². The number of methoxy groups -OCH3 is 2. The largest absolute Gasteiger partial charge is 0.534 e. The molecular weight excluding hydrogens is 379 g/mol. The Hall–Kier alpha value is -1.49. The van der Waals surface area contributed by atoms with Crippen LogP contribution in [0.25, 0.3) is 0 Å². The lowest BCUT2D eigenvalue weighted by atomic mass is 9.85. The summed E-state index contributed by atoms with van der Waals surface area (Å²) in [5, 5.41) is 0. The van der Waals surface area contributed by atoms with E-state index in [1.54, 1.807) is 0 Å². The number of hydrogen-bond donors (Lipinski definition) is 0. The van der Waals surface area contributed by atoms with Crippen LogP contribution in [0.4, 0.5) is 18.0 Å². The summed E-state index contributed by atoms with van der Waals surface area (Å²) < 4.78 is 74.8. The molecule has 2 bridgehead atoms. The number of nitrogens with zero attached hydrogens (tertiary/aromatic N) is 1. The Morgan fingerprint density at radius 1 is 1.35 bits per heavy atom. The zero-order valence-corrected chi connectivity index (χ0v) is 15.5. The van der Waals surface area contributed by atoms with Gasteiger partial charge in [0.25, 0.3) is 0 Å². The molecule has 150 valence electrons. The second kappa shape index (κ2) is 7.63. The molecule has 2 rings (SSSR count). The van der Waals surface area contributed by atoms with Crippen molar-refractivity contribution in [3.05, 3.63) is 11.8 Å². The highest BCUT2D eigenvalue weighted by Gasteiger charge is 2.53. The van der Waals surface area contributed by atoms with E-state index in [1.165, 1.54) is 25.2 Å². The minimum atomic E-state index is -5.76. The number of halogens is 3. The van der Waals surface area contributed by atoms with Crippen LogP contribution < -0.4 is 0 Å². The third kappa shape index (κ3) is 3.78. The zero-order chi connectivity index (χ0) is 19.7. The molecule has 0 aromatic heterocycles. The highest BCUT2D eigenvalue weighted by atomic mass is 32.2. The van der Waals surface area contributed by atoms with Gasteiger partial charge in [-0.25, -0.2) is 4.79 Å². The molecule has 0 radical (unpaired) electrons. The summed E-state index contributed by atoms with van der Waals surface area (Å²) in [7, 11) is -3.05. The number of ether oxygens (including phenoxy) is 2. The first-order valence-electron chi connectivity index (χ1n) is 8.14. The van der Waals surface area contributed by atoms with Crippen LogP contribution in [0, 0.1) is 11.8 Å². The number of amides is 1. The van der Waals surface area contributed by atoms with Crippen LogP contribution in [-0.2, 0) is 23.8 Å². The maximum Gasteiger partial charge on any atom is 0.534 e. The number of likely N-dealkylation sites (tertiary alicyclic amines) is 1. The summed E-state index contributed by atoms with van der Waals surface area (Å²) in [6, 6.07) is -0.845. The topological polar surface area (TPSA) is 82.1 Å². The lowest BCUT2D eigenvalue weighted by Crippen LogP contribution is -2.43. The van der Waals surface area contributed by atoms with Gasteiger partial charge in [-0.3, -0.25) is 4.90 Å².